The smallest absolute Gasteiger partial charge is 0.234 e. The van der Waals surface area contributed by atoms with Crippen LogP contribution in [0.4, 0.5) is 13.2 Å². The first kappa shape index (κ1) is 20.9. The fourth-order valence-corrected chi connectivity index (χ4v) is 5.10. The van der Waals surface area contributed by atoms with Crippen molar-refractivity contribution in [1.29, 1.82) is 0 Å². The molecule has 1 amide bonds. The second kappa shape index (κ2) is 8.79. The topological polar surface area (TPSA) is 38.8 Å². The predicted octanol–water partition coefficient (Wildman–Crippen LogP) is 5.21. The molecule has 1 heterocycles. The number of benzene rings is 2. The van der Waals surface area contributed by atoms with Crippen molar-refractivity contribution >= 4 is 17.7 Å². The van der Waals surface area contributed by atoms with Crippen LogP contribution >= 0.6 is 11.8 Å². The maximum atomic E-state index is 13.6. The van der Waals surface area contributed by atoms with Crippen molar-refractivity contribution in [1.82, 2.24) is 4.90 Å². The van der Waals surface area contributed by atoms with Gasteiger partial charge in [0.2, 0.25) is 5.91 Å². The molecule has 8 heteroatoms. The molecule has 4 rings (SSSR count). The largest absolute Gasteiger partial charge is 0.493 e. The molecule has 0 aromatic heterocycles. The number of amides is 1. The van der Waals surface area contributed by atoms with Gasteiger partial charge in [-0.25, -0.2) is 13.2 Å². The maximum Gasteiger partial charge on any atom is 0.234 e. The van der Waals surface area contributed by atoms with Gasteiger partial charge in [-0.1, -0.05) is 6.07 Å². The van der Waals surface area contributed by atoms with E-state index in [0.717, 1.165) is 43.4 Å². The molecule has 1 aliphatic carbocycles. The Labute approximate surface area is 177 Å². The summed E-state index contributed by atoms with van der Waals surface area (Å²) in [7, 11) is 1.58. The summed E-state index contributed by atoms with van der Waals surface area (Å²) in [6.45, 7) is -0.0184. The molecule has 0 spiro atoms. The molecule has 0 N–H and O–H groups in total. The molecular formula is C22H22F3NO3S. The summed E-state index contributed by atoms with van der Waals surface area (Å²) < 4.78 is 52.0. The lowest BCUT2D eigenvalue weighted by Gasteiger charge is -2.25. The van der Waals surface area contributed by atoms with E-state index in [1.807, 2.05) is 12.1 Å². The Morgan fingerprint density at radius 2 is 1.77 bits per heavy atom. The van der Waals surface area contributed by atoms with E-state index in [2.05, 4.69) is 0 Å². The number of nitrogens with zero attached hydrogens (tertiary/aromatic N) is 1. The first-order chi connectivity index (χ1) is 14.5. The number of thioether (sulfide) groups is 1. The number of rotatable bonds is 6. The van der Waals surface area contributed by atoms with Gasteiger partial charge >= 0.3 is 0 Å². The SMILES string of the molecule is COc1ccc(C2SCC(=O)N2Cc2cc(F)c(F)c(F)c2)cc1OC1CCCC1. The molecule has 1 unspecified atom stereocenters. The van der Waals surface area contributed by atoms with Crippen LogP contribution in [0.1, 0.15) is 42.2 Å². The first-order valence-corrected chi connectivity index (χ1v) is 10.9. The summed E-state index contributed by atoms with van der Waals surface area (Å²) in [5.74, 6) is -2.70. The van der Waals surface area contributed by atoms with E-state index in [0.29, 0.717) is 11.5 Å². The third kappa shape index (κ3) is 4.24. The Morgan fingerprint density at radius 1 is 1.07 bits per heavy atom. The zero-order valence-electron chi connectivity index (χ0n) is 16.5. The van der Waals surface area contributed by atoms with Gasteiger partial charge in [0.15, 0.2) is 29.0 Å². The standard InChI is InChI=1S/C22H22F3NO3S/c1-28-18-7-6-14(10-19(18)29-15-4-2-3-5-15)22-26(20(27)12-30-22)11-13-8-16(23)21(25)17(24)9-13/h6-10,15,22H,2-5,11-12H2,1H3. The second-order valence-corrected chi connectivity index (χ2v) is 8.56. The number of methoxy groups -OCH3 is 1. The van der Waals surface area contributed by atoms with Crippen molar-refractivity contribution < 1.29 is 27.4 Å². The fourth-order valence-electron chi connectivity index (χ4n) is 3.92. The lowest BCUT2D eigenvalue weighted by atomic mass is 10.1. The number of ether oxygens (including phenoxy) is 2. The molecule has 0 radical (unpaired) electrons. The summed E-state index contributed by atoms with van der Waals surface area (Å²) in [6.07, 6.45) is 4.42. The van der Waals surface area contributed by atoms with Crippen LogP contribution in [0.25, 0.3) is 0 Å². The molecule has 1 saturated carbocycles. The van der Waals surface area contributed by atoms with Crippen LogP contribution < -0.4 is 9.47 Å². The van der Waals surface area contributed by atoms with Crippen molar-refractivity contribution in [3.63, 3.8) is 0 Å². The molecule has 1 saturated heterocycles. The third-order valence-electron chi connectivity index (χ3n) is 5.43. The average molecular weight is 437 g/mol. The molecule has 2 aromatic carbocycles. The minimum Gasteiger partial charge on any atom is -0.493 e. The zero-order chi connectivity index (χ0) is 21.3. The first-order valence-electron chi connectivity index (χ1n) is 9.85. The van der Waals surface area contributed by atoms with Crippen LogP contribution in [0.2, 0.25) is 0 Å². The molecule has 160 valence electrons. The van der Waals surface area contributed by atoms with E-state index in [1.54, 1.807) is 13.2 Å². The molecule has 2 aromatic rings. The summed E-state index contributed by atoms with van der Waals surface area (Å²) in [5.41, 5.74) is 1.03. The van der Waals surface area contributed by atoms with E-state index >= 15 is 0 Å². The molecule has 1 aliphatic heterocycles. The van der Waals surface area contributed by atoms with Gasteiger partial charge in [0, 0.05) is 6.54 Å². The minimum absolute atomic E-state index is 0.0184. The zero-order valence-corrected chi connectivity index (χ0v) is 17.3. The van der Waals surface area contributed by atoms with Gasteiger partial charge in [-0.15, -0.1) is 11.8 Å². The summed E-state index contributed by atoms with van der Waals surface area (Å²) >= 11 is 1.43. The Balaban J connectivity index is 1.59. The molecule has 30 heavy (non-hydrogen) atoms. The van der Waals surface area contributed by atoms with Gasteiger partial charge < -0.3 is 14.4 Å². The van der Waals surface area contributed by atoms with Gasteiger partial charge in [0.05, 0.1) is 19.0 Å². The van der Waals surface area contributed by atoms with Crippen LogP contribution in [0.15, 0.2) is 30.3 Å². The van der Waals surface area contributed by atoms with Crippen molar-refractivity contribution in [2.45, 2.75) is 43.7 Å². The van der Waals surface area contributed by atoms with E-state index < -0.39 is 17.5 Å². The summed E-state index contributed by atoms with van der Waals surface area (Å²) in [4.78, 5) is 14.0. The third-order valence-corrected chi connectivity index (χ3v) is 6.69. The van der Waals surface area contributed by atoms with Crippen molar-refractivity contribution in [3.05, 3.63) is 58.9 Å². The predicted molar refractivity (Wildman–Crippen MR) is 108 cm³/mol. The minimum atomic E-state index is -1.51. The number of carbonyl (C=O) groups excluding carboxylic acids is 1. The molecule has 1 atom stereocenters. The van der Waals surface area contributed by atoms with Gasteiger partial charge in [-0.2, -0.15) is 0 Å². The van der Waals surface area contributed by atoms with E-state index in [4.69, 9.17) is 9.47 Å². The molecule has 2 aliphatic rings. The average Bonchev–Trinajstić information content (AvgIpc) is 3.36. The highest BCUT2D eigenvalue weighted by Gasteiger charge is 2.34. The van der Waals surface area contributed by atoms with Crippen LogP contribution in [0.3, 0.4) is 0 Å². The number of carbonyl (C=O) groups is 1. The highest BCUT2D eigenvalue weighted by molar-refractivity contribution is 8.00. The normalized spacial score (nSPS) is 19.5. The molecular weight excluding hydrogens is 415 g/mol. The van der Waals surface area contributed by atoms with Crippen molar-refractivity contribution in [3.8, 4) is 11.5 Å². The number of hydrogen-bond donors (Lipinski definition) is 0. The van der Waals surface area contributed by atoms with Gasteiger partial charge in [-0.05, 0) is 61.1 Å². The highest BCUT2D eigenvalue weighted by atomic mass is 32.2. The Hall–Kier alpha value is -2.35. The number of halogens is 3. The maximum absolute atomic E-state index is 13.6. The van der Waals surface area contributed by atoms with E-state index in [1.165, 1.54) is 16.7 Å². The van der Waals surface area contributed by atoms with Crippen LogP contribution in [-0.4, -0.2) is 29.8 Å². The van der Waals surface area contributed by atoms with Crippen LogP contribution in [0.5, 0.6) is 11.5 Å². The van der Waals surface area contributed by atoms with E-state index in [-0.39, 0.29) is 35.2 Å². The number of hydrogen-bond acceptors (Lipinski definition) is 4. The molecule has 4 nitrogen and oxygen atoms in total. The Morgan fingerprint density at radius 3 is 2.43 bits per heavy atom. The van der Waals surface area contributed by atoms with Crippen LogP contribution in [-0.2, 0) is 11.3 Å². The molecule has 0 bridgehead atoms. The monoisotopic (exact) mass is 437 g/mol. The Bertz CT molecular complexity index is 926. The summed E-state index contributed by atoms with van der Waals surface area (Å²) in [6, 6.07) is 7.38. The lowest BCUT2D eigenvalue weighted by molar-refractivity contribution is -0.128. The van der Waals surface area contributed by atoms with Crippen molar-refractivity contribution in [2.75, 3.05) is 12.9 Å². The fraction of sp³-hybridized carbons (Fsp3) is 0.409. The lowest BCUT2D eigenvalue weighted by Crippen LogP contribution is -2.28. The van der Waals surface area contributed by atoms with Crippen LogP contribution in [0, 0.1) is 17.5 Å². The van der Waals surface area contributed by atoms with Gasteiger partial charge in [-0.3, -0.25) is 4.79 Å². The van der Waals surface area contributed by atoms with Gasteiger partial charge in [0.25, 0.3) is 0 Å². The highest BCUT2D eigenvalue weighted by Crippen LogP contribution is 2.43. The van der Waals surface area contributed by atoms with E-state index in [9.17, 15) is 18.0 Å². The van der Waals surface area contributed by atoms with Crippen molar-refractivity contribution in [2.24, 2.45) is 0 Å². The summed E-state index contributed by atoms with van der Waals surface area (Å²) in [5, 5.41) is -0.342. The second-order valence-electron chi connectivity index (χ2n) is 7.49. The quantitative estimate of drug-likeness (QED) is 0.582. The Kier molecular flexibility index (Phi) is 6.13. The van der Waals surface area contributed by atoms with Gasteiger partial charge in [0.1, 0.15) is 5.37 Å². The molecule has 2 fully saturated rings.